The van der Waals surface area contributed by atoms with Crippen molar-refractivity contribution >= 4 is 17.9 Å². The van der Waals surface area contributed by atoms with Crippen molar-refractivity contribution < 1.29 is 14.3 Å². The Morgan fingerprint density at radius 2 is 1.96 bits per heavy atom. The van der Waals surface area contributed by atoms with Gasteiger partial charge in [0.15, 0.2) is 5.70 Å². The standard InChI is InChI=1S/C19H17NO3/c1-12-7-8-13(2)15(9-12)11-17-19(21)23-18(20-17)14-5-4-6-16(10-14)22-3/h4-11H,1-3H3/b17-11+. The maximum atomic E-state index is 12.1. The number of carbonyl (C=O) groups excluding carboxylic acids is 1. The molecule has 0 atom stereocenters. The average Bonchev–Trinajstić information content (AvgIpc) is 2.92. The molecule has 0 N–H and O–H groups in total. The Labute approximate surface area is 135 Å². The Balaban J connectivity index is 1.98. The van der Waals surface area contributed by atoms with Gasteiger partial charge in [-0.15, -0.1) is 0 Å². The second-order valence-corrected chi connectivity index (χ2v) is 5.43. The number of esters is 1. The van der Waals surface area contributed by atoms with Gasteiger partial charge >= 0.3 is 5.97 Å². The van der Waals surface area contributed by atoms with Gasteiger partial charge in [-0.05, 0) is 49.2 Å². The quantitative estimate of drug-likeness (QED) is 0.642. The van der Waals surface area contributed by atoms with Gasteiger partial charge in [-0.2, -0.15) is 0 Å². The number of benzene rings is 2. The highest BCUT2D eigenvalue weighted by Crippen LogP contribution is 2.23. The lowest BCUT2D eigenvalue weighted by molar-refractivity contribution is -0.129. The SMILES string of the molecule is COc1cccc(C2=N/C(=C/c3cc(C)ccc3C)C(=O)O2)c1. The molecule has 0 saturated carbocycles. The summed E-state index contributed by atoms with van der Waals surface area (Å²) in [5.74, 6) is 0.544. The second kappa shape index (κ2) is 6.08. The molecule has 4 heteroatoms. The van der Waals surface area contributed by atoms with Crippen molar-refractivity contribution in [3.63, 3.8) is 0 Å². The van der Waals surface area contributed by atoms with Gasteiger partial charge in [0.2, 0.25) is 5.90 Å². The van der Waals surface area contributed by atoms with E-state index in [1.807, 2.05) is 50.2 Å². The first kappa shape index (κ1) is 15.0. The molecule has 0 bridgehead atoms. The van der Waals surface area contributed by atoms with Crippen molar-refractivity contribution in [3.05, 3.63) is 70.4 Å². The molecular formula is C19H17NO3. The Morgan fingerprint density at radius 3 is 2.74 bits per heavy atom. The van der Waals surface area contributed by atoms with Crippen LogP contribution in [-0.4, -0.2) is 19.0 Å². The van der Waals surface area contributed by atoms with Crippen LogP contribution in [0, 0.1) is 13.8 Å². The maximum absolute atomic E-state index is 12.1. The third-order valence-corrected chi connectivity index (χ3v) is 3.66. The average molecular weight is 307 g/mol. The number of methoxy groups -OCH3 is 1. The Hall–Kier alpha value is -2.88. The minimum Gasteiger partial charge on any atom is -0.497 e. The van der Waals surface area contributed by atoms with Gasteiger partial charge in [0.05, 0.1) is 7.11 Å². The van der Waals surface area contributed by atoms with Crippen LogP contribution in [0.3, 0.4) is 0 Å². The summed E-state index contributed by atoms with van der Waals surface area (Å²) in [5.41, 5.74) is 4.19. The molecule has 1 heterocycles. The summed E-state index contributed by atoms with van der Waals surface area (Å²) in [6.07, 6.45) is 1.76. The number of nitrogens with zero attached hydrogens (tertiary/aromatic N) is 1. The molecule has 0 aromatic heterocycles. The number of cyclic esters (lactones) is 1. The van der Waals surface area contributed by atoms with Crippen molar-refractivity contribution in [2.45, 2.75) is 13.8 Å². The van der Waals surface area contributed by atoms with Crippen molar-refractivity contribution in [1.82, 2.24) is 0 Å². The summed E-state index contributed by atoms with van der Waals surface area (Å²) in [4.78, 5) is 16.4. The number of aryl methyl sites for hydroxylation is 2. The molecule has 0 fully saturated rings. The lowest BCUT2D eigenvalue weighted by Gasteiger charge is -2.02. The molecule has 4 nitrogen and oxygen atoms in total. The van der Waals surface area contributed by atoms with E-state index in [2.05, 4.69) is 4.99 Å². The van der Waals surface area contributed by atoms with Crippen molar-refractivity contribution in [2.75, 3.05) is 7.11 Å². The summed E-state index contributed by atoms with van der Waals surface area (Å²) in [6.45, 7) is 4.01. The zero-order chi connectivity index (χ0) is 16.4. The van der Waals surface area contributed by atoms with Gasteiger partial charge in [0, 0.05) is 5.56 Å². The summed E-state index contributed by atoms with van der Waals surface area (Å²) in [6, 6.07) is 13.4. The molecule has 23 heavy (non-hydrogen) atoms. The molecule has 1 aliphatic heterocycles. The summed E-state index contributed by atoms with van der Waals surface area (Å²) < 4.78 is 10.5. The number of aliphatic imine (C=N–C) groups is 1. The van der Waals surface area contributed by atoms with E-state index in [-0.39, 0.29) is 0 Å². The molecule has 0 amide bonds. The van der Waals surface area contributed by atoms with E-state index in [9.17, 15) is 4.79 Å². The zero-order valence-corrected chi connectivity index (χ0v) is 13.3. The third kappa shape index (κ3) is 3.16. The van der Waals surface area contributed by atoms with Crippen LogP contribution in [0.25, 0.3) is 6.08 Å². The molecule has 3 rings (SSSR count). The van der Waals surface area contributed by atoms with Gasteiger partial charge in [0.1, 0.15) is 5.75 Å². The number of rotatable bonds is 3. The second-order valence-electron chi connectivity index (χ2n) is 5.43. The van der Waals surface area contributed by atoms with E-state index in [4.69, 9.17) is 9.47 Å². The van der Waals surface area contributed by atoms with Crippen LogP contribution in [0.5, 0.6) is 5.75 Å². The third-order valence-electron chi connectivity index (χ3n) is 3.66. The fourth-order valence-electron chi connectivity index (χ4n) is 2.35. The van der Waals surface area contributed by atoms with E-state index in [0.717, 1.165) is 16.7 Å². The van der Waals surface area contributed by atoms with Crippen LogP contribution in [0.4, 0.5) is 0 Å². The van der Waals surface area contributed by atoms with Crippen molar-refractivity contribution in [3.8, 4) is 5.75 Å². The smallest absolute Gasteiger partial charge is 0.363 e. The Morgan fingerprint density at radius 1 is 1.13 bits per heavy atom. The van der Waals surface area contributed by atoms with E-state index in [1.165, 1.54) is 0 Å². The van der Waals surface area contributed by atoms with Crippen LogP contribution in [0.1, 0.15) is 22.3 Å². The van der Waals surface area contributed by atoms with Crippen LogP contribution in [0.15, 0.2) is 53.2 Å². The molecule has 0 saturated heterocycles. The highest BCUT2D eigenvalue weighted by atomic mass is 16.6. The minimum atomic E-state index is -0.441. The van der Waals surface area contributed by atoms with Crippen molar-refractivity contribution in [2.24, 2.45) is 4.99 Å². The highest BCUT2D eigenvalue weighted by molar-refractivity contribution is 6.13. The number of hydrogen-bond donors (Lipinski definition) is 0. The summed E-state index contributed by atoms with van der Waals surface area (Å²) in [5, 5.41) is 0. The molecule has 0 unspecified atom stereocenters. The summed E-state index contributed by atoms with van der Waals surface area (Å²) >= 11 is 0. The number of carbonyl (C=O) groups is 1. The van der Waals surface area contributed by atoms with Crippen LogP contribution in [0.2, 0.25) is 0 Å². The lowest BCUT2D eigenvalue weighted by atomic mass is 10.0. The van der Waals surface area contributed by atoms with Gasteiger partial charge in [-0.1, -0.05) is 29.8 Å². The van der Waals surface area contributed by atoms with Crippen LogP contribution < -0.4 is 4.74 Å². The molecule has 0 spiro atoms. The fourth-order valence-corrected chi connectivity index (χ4v) is 2.35. The minimum absolute atomic E-state index is 0.297. The first-order valence-corrected chi connectivity index (χ1v) is 7.31. The summed E-state index contributed by atoms with van der Waals surface area (Å²) in [7, 11) is 1.59. The molecule has 1 aliphatic rings. The predicted octanol–water partition coefficient (Wildman–Crippen LogP) is 3.66. The van der Waals surface area contributed by atoms with Gasteiger partial charge in [0.25, 0.3) is 0 Å². The predicted molar refractivity (Wildman–Crippen MR) is 89.5 cm³/mol. The van der Waals surface area contributed by atoms with E-state index >= 15 is 0 Å². The molecule has 0 radical (unpaired) electrons. The van der Waals surface area contributed by atoms with Gasteiger partial charge in [-0.25, -0.2) is 9.79 Å². The Bertz CT molecular complexity index is 834. The first-order valence-electron chi connectivity index (χ1n) is 7.31. The molecule has 116 valence electrons. The monoisotopic (exact) mass is 307 g/mol. The maximum Gasteiger partial charge on any atom is 0.363 e. The molecule has 0 aliphatic carbocycles. The normalized spacial score (nSPS) is 15.5. The van der Waals surface area contributed by atoms with Crippen LogP contribution in [-0.2, 0) is 9.53 Å². The zero-order valence-electron chi connectivity index (χ0n) is 13.3. The molecular weight excluding hydrogens is 290 g/mol. The van der Waals surface area contributed by atoms with Crippen LogP contribution >= 0.6 is 0 Å². The van der Waals surface area contributed by atoms with E-state index in [1.54, 1.807) is 19.3 Å². The lowest BCUT2D eigenvalue weighted by Crippen LogP contribution is -2.05. The first-order chi connectivity index (χ1) is 11.1. The largest absolute Gasteiger partial charge is 0.497 e. The number of ether oxygens (including phenoxy) is 2. The Kier molecular flexibility index (Phi) is 3.98. The van der Waals surface area contributed by atoms with Gasteiger partial charge in [-0.3, -0.25) is 0 Å². The van der Waals surface area contributed by atoms with E-state index < -0.39 is 5.97 Å². The van der Waals surface area contributed by atoms with E-state index in [0.29, 0.717) is 22.9 Å². The topological polar surface area (TPSA) is 47.9 Å². The highest BCUT2D eigenvalue weighted by Gasteiger charge is 2.24. The fraction of sp³-hybridized carbons (Fsp3) is 0.158. The van der Waals surface area contributed by atoms with Crippen molar-refractivity contribution in [1.29, 1.82) is 0 Å². The molecule has 2 aromatic rings. The van der Waals surface area contributed by atoms with Gasteiger partial charge < -0.3 is 9.47 Å². The number of hydrogen-bond acceptors (Lipinski definition) is 4. The molecule has 2 aromatic carbocycles.